The molecule has 0 atom stereocenters. The maximum atomic E-state index is 13.6. The summed E-state index contributed by atoms with van der Waals surface area (Å²) >= 11 is 0. The van der Waals surface area contributed by atoms with Crippen molar-refractivity contribution in [2.45, 2.75) is 52.5 Å². The number of aromatic nitrogens is 3. The monoisotopic (exact) mass is 432 g/mol. The Bertz CT molecular complexity index is 1310. The summed E-state index contributed by atoms with van der Waals surface area (Å²) in [6.07, 6.45) is 2.68. The van der Waals surface area contributed by atoms with Gasteiger partial charge in [-0.25, -0.2) is 9.37 Å². The lowest BCUT2D eigenvalue weighted by molar-refractivity contribution is 0.0700. The van der Waals surface area contributed by atoms with Gasteiger partial charge in [-0.05, 0) is 74.6 Å². The van der Waals surface area contributed by atoms with Crippen LogP contribution in [0.4, 0.5) is 4.39 Å². The van der Waals surface area contributed by atoms with Crippen molar-refractivity contribution in [2.24, 2.45) is 0 Å². The maximum absolute atomic E-state index is 13.6. The first-order chi connectivity index (χ1) is 15.5. The fraction of sp³-hybridized carbons (Fsp3) is 0.385. The van der Waals surface area contributed by atoms with Crippen LogP contribution in [0.3, 0.4) is 0 Å². The minimum absolute atomic E-state index is 0.115. The predicted octanol–water partition coefficient (Wildman–Crippen LogP) is 5.57. The van der Waals surface area contributed by atoms with Crippen molar-refractivity contribution >= 4 is 27.8 Å². The number of nitrogens with one attached hydrogen (secondary N) is 1. The molecule has 0 aliphatic carbocycles. The molecule has 1 aliphatic heterocycles. The molecular formula is C26H29FN4O. The van der Waals surface area contributed by atoms with Crippen LogP contribution in [0.1, 0.15) is 60.0 Å². The number of fused-ring (bicyclic) bond motifs is 2. The second kappa shape index (κ2) is 8.08. The van der Waals surface area contributed by atoms with E-state index in [0.29, 0.717) is 13.1 Å². The molecular weight excluding hydrogens is 403 g/mol. The van der Waals surface area contributed by atoms with Gasteiger partial charge in [-0.15, -0.1) is 0 Å². The molecule has 5 rings (SSSR count). The number of rotatable bonds is 4. The van der Waals surface area contributed by atoms with Gasteiger partial charge >= 0.3 is 0 Å². The first-order valence-corrected chi connectivity index (χ1v) is 11.6. The molecule has 1 fully saturated rings. The zero-order valence-corrected chi connectivity index (χ0v) is 18.9. The van der Waals surface area contributed by atoms with E-state index >= 15 is 0 Å². The largest absolute Gasteiger partial charge is 0.342 e. The zero-order valence-electron chi connectivity index (χ0n) is 18.9. The lowest BCUT2D eigenvalue weighted by atomic mass is 9.95. The van der Waals surface area contributed by atoms with Gasteiger partial charge in [0.05, 0.1) is 11.0 Å². The second-order valence-corrected chi connectivity index (χ2v) is 8.77. The van der Waals surface area contributed by atoms with Crippen LogP contribution in [-0.4, -0.2) is 38.4 Å². The Balaban J connectivity index is 1.38. The third kappa shape index (κ3) is 3.38. The lowest BCUT2D eigenvalue weighted by Crippen LogP contribution is -2.39. The fourth-order valence-electron chi connectivity index (χ4n) is 5.09. The van der Waals surface area contributed by atoms with E-state index < -0.39 is 0 Å². The van der Waals surface area contributed by atoms with Crippen molar-refractivity contribution in [2.75, 3.05) is 13.1 Å². The zero-order chi connectivity index (χ0) is 22.4. The molecule has 166 valence electrons. The number of benzene rings is 2. The minimum Gasteiger partial charge on any atom is -0.342 e. The summed E-state index contributed by atoms with van der Waals surface area (Å²) in [5.74, 6) is 0.994. The van der Waals surface area contributed by atoms with E-state index in [1.807, 2.05) is 4.90 Å². The second-order valence-electron chi connectivity index (χ2n) is 8.77. The van der Waals surface area contributed by atoms with Gasteiger partial charge in [0, 0.05) is 36.5 Å². The van der Waals surface area contributed by atoms with Gasteiger partial charge in [-0.1, -0.05) is 13.0 Å². The van der Waals surface area contributed by atoms with E-state index in [0.717, 1.165) is 59.4 Å². The number of imidazole rings is 1. The fourth-order valence-corrected chi connectivity index (χ4v) is 5.09. The van der Waals surface area contributed by atoms with Crippen LogP contribution in [-0.2, 0) is 13.0 Å². The van der Waals surface area contributed by atoms with Gasteiger partial charge in [0.2, 0.25) is 0 Å². The Labute approximate surface area is 187 Å². The molecule has 0 radical (unpaired) electrons. The van der Waals surface area contributed by atoms with Crippen LogP contribution in [0.15, 0.2) is 36.4 Å². The summed E-state index contributed by atoms with van der Waals surface area (Å²) in [5, 5.41) is 1.18. The van der Waals surface area contributed by atoms with Gasteiger partial charge in [0.15, 0.2) is 0 Å². The van der Waals surface area contributed by atoms with Gasteiger partial charge in [-0.3, -0.25) is 4.79 Å². The molecule has 4 aromatic rings. The quantitative estimate of drug-likeness (QED) is 0.459. The van der Waals surface area contributed by atoms with Gasteiger partial charge in [-0.2, -0.15) is 0 Å². The number of carbonyl (C=O) groups is 1. The maximum Gasteiger partial charge on any atom is 0.270 e. The van der Waals surface area contributed by atoms with E-state index in [-0.39, 0.29) is 17.6 Å². The number of aromatic amines is 1. The molecule has 0 unspecified atom stereocenters. The van der Waals surface area contributed by atoms with Crippen LogP contribution in [0.5, 0.6) is 0 Å². The molecule has 32 heavy (non-hydrogen) atoms. The van der Waals surface area contributed by atoms with Crippen LogP contribution < -0.4 is 0 Å². The molecule has 2 aromatic heterocycles. The molecule has 1 saturated heterocycles. The number of nitrogens with zero attached hydrogens (tertiary/aromatic N) is 3. The Hall–Kier alpha value is -3.15. The Morgan fingerprint density at radius 2 is 1.94 bits per heavy atom. The Kier molecular flexibility index (Phi) is 5.24. The van der Waals surface area contributed by atoms with Gasteiger partial charge < -0.3 is 14.5 Å². The van der Waals surface area contributed by atoms with E-state index in [9.17, 15) is 9.18 Å². The molecule has 1 amide bonds. The standard InChI is InChI=1S/C26H29FN4O/c1-4-17-6-9-23-20(14-17)16(3)24(31(23)5-2)26(32)30-12-10-18(11-13-30)25-28-21-8-7-19(27)15-22(21)29-25/h6-9,14-15,18H,4-5,10-13H2,1-3H3,(H,28,29). The average molecular weight is 433 g/mol. The highest BCUT2D eigenvalue weighted by Crippen LogP contribution is 2.32. The Morgan fingerprint density at radius 3 is 2.66 bits per heavy atom. The molecule has 6 heteroatoms. The first-order valence-electron chi connectivity index (χ1n) is 11.6. The summed E-state index contributed by atoms with van der Waals surface area (Å²) in [6, 6.07) is 11.2. The number of halogens is 1. The van der Waals surface area contributed by atoms with Crippen molar-refractivity contribution in [1.29, 1.82) is 0 Å². The molecule has 0 spiro atoms. The number of H-pyrrole nitrogens is 1. The SMILES string of the molecule is CCc1ccc2c(c1)c(C)c(C(=O)N1CCC(c3nc4ccc(F)cc4[nH]3)CC1)n2CC. The molecule has 5 nitrogen and oxygen atoms in total. The molecule has 1 aliphatic rings. The summed E-state index contributed by atoms with van der Waals surface area (Å²) in [6.45, 7) is 8.48. The van der Waals surface area contributed by atoms with E-state index in [4.69, 9.17) is 0 Å². The number of piperidine rings is 1. The van der Waals surface area contributed by atoms with Crippen LogP contribution in [0.2, 0.25) is 0 Å². The summed E-state index contributed by atoms with van der Waals surface area (Å²) in [5.41, 5.74) is 5.83. The first kappa shape index (κ1) is 20.7. The van der Waals surface area contributed by atoms with Crippen molar-refractivity contribution in [1.82, 2.24) is 19.4 Å². The average Bonchev–Trinajstić information content (AvgIpc) is 3.36. The summed E-state index contributed by atoms with van der Waals surface area (Å²) in [7, 11) is 0. The van der Waals surface area contributed by atoms with Crippen molar-refractivity contribution < 1.29 is 9.18 Å². The molecule has 1 N–H and O–H groups in total. The van der Waals surface area contributed by atoms with Gasteiger partial charge in [0.25, 0.3) is 5.91 Å². The lowest BCUT2D eigenvalue weighted by Gasteiger charge is -2.31. The summed E-state index contributed by atoms with van der Waals surface area (Å²) < 4.78 is 15.7. The number of hydrogen-bond acceptors (Lipinski definition) is 2. The highest BCUT2D eigenvalue weighted by Gasteiger charge is 2.29. The number of hydrogen-bond donors (Lipinski definition) is 1. The summed E-state index contributed by atoms with van der Waals surface area (Å²) in [4.78, 5) is 23.5. The number of carbonyl (C=O) groups excluding carboxylic acids is 1. The topological polar surface area (TPSA) is 53.9 Å². The van der Waals surface area contributed by atoms with E-state index in [1.165, 1.54) is 23.1 Å². The minimum atomic E-state index is -0.263. The highest BCUT2D eigenvalue weighted by molar-refractivity contribution is 6.01. The Morgan fingerprint density at radius 1 is 1.16 bits per heavy atom. The number of likely N-dealkylation sites (tertiary alicyclic amines) is 1. The molecule has 0 bridgehead atoms. The van der Waals surface area contributed by atoms with E-state index in [1.54, 1.807) is 6.07 Å². The third-order valence-electron chi connectivity index (χ3n) is 6.94. The molecule has 3 heterocycles. The number of amides is 1. The van der Waals surface area contributed by atoms with Crippen molar-refractivity contribution in [3.8, 4) is 0 Å². The van der Waals surface area contributed by atoms with Crippen LogP contribution >= 0.6 is 0 Å². The normalized spacial score (nSPS) is 15.2. The smallest absolute Gasteiger partial charge is 0.270 e. The van der Waals surface area contributed by atoms with Crippen molar-refractivity contribution in [3.63, 3.8) is 0 Å². The van der Waals surface area contributed by atoms with Crippen LogP contribution in [0, 0.1) is 12.7 Å². The molecule has 2 aromatic carbocycles. The highest BCUT2D eigenvalue weighted by atomic mass is 19.1. The molecule has 0 saturated carbocycles. The third-order valence-corrected chi connectivity index (χ3v) is 6.94. The van der Waals surface area contributed by atoms with Crippen LogP contribution in [0.25, 0.3) is 21.9 Å². The van der Waals surface area contributed by atoms with Gasteiger partial charge in [0.1, 0.15) is 17.3 Å². The van der Waals surface area contributed by atoms with E-state index in [2.05, 4.69) is 53.5 Å². The predicted molar refractivity (Wildman–Crippen MR) is 126 cm³/mol. The number of aryl methyl sites for hydroxylation is 3. The van der Waals surface area contributed by atoms with Crippen molar-refractivity contribution in [3.05, 3.63) is 64.9 Å².